The van der Waals surface area contributed by atoms with Gasteiger partial charge >= 0.3 is 5.97 Å². The summed E-state index contributed by atoms with van der Waals surface area (Å²) in [6.07, 6.45) is 0.461. The van der Waals surface area contributed by atoms with Gasteiger partial charge in [0.05, 0.1) is 7.11 Å². The van der Waals surface area contributed by atoms with Crippen LogP contribution < -0.4 is 4.74 Å². The lowest BCUT2D eigenvalue weighted by Gasteiger charge is -2.30. The van der Waals surface area contributed by atoms with Crippen LogP contribution in [0.3, 0.4) is 0 Å². The summed E-state index contributed by atoms with van der Waals surface area (Å²) >= 11 is 0. The minimum Gasteiger partial charge on any atom is -0.486 e. The second-order valence-corrected chi connectivity index (χ2v) is 10.5. The summed E-state index contributed by atoms with van der Waals surface area (Å²) in [6.45, 7) is 4.40. The minimum absolute atomic E-state index is 0.0505. The molecule has 0 amide bonds. The van der Waals surface area contributed by atoms with Crippen LogP contribution in [0.4, 0.5) is 17.6 Å². The molecular formula is C31H32F4O3. The van der Waals surface area contributed by atoms with E-state index in [0.29, 0.717) is 11.1 Å². The molecule has 4 rings (SSSR count). The van der Waals surface area contributed by atoms with Gasteiger partial charge in [0.25, 0.3) is 6.43 Å². The molecule has 1 aliphatic rings. The number of alkyl halides is 2. The third-order valence-electron chi connectivity index (χ3n) is 7.54. The highest BCUT2D eigenvalue weighted by Crippen LogP contribution is 2.51. The maximum Gasteiger partial charge on any atom is 0.305 e. The number of hydrogen-bond acceptors (Lipinski definition) is 3. The molecular weight excluding hydrogens is 496 g/mol. The maximum atomic E-state index is 15.0. The minimum atomic E-state index is -2.70. The predicted molar refractivity (Wildman–Crippen MR) is 138 cm³/mol. The van der Waals surface area contributed by atoms with Crippen molar-refractivity contribution in [3.8, 4) is 16.9 Å². The van der Waals surface area contributed by atoms with Crippen LogP contribution in [-0.2, 0) is 22.6 Å². The fraction of sp³-hybridized carbons (Fsp3) is 0.387. The number of esters is 1. The van der Waals surface area contributed by atoms with E-state index in [1.54, 1.807) is 24.3 Å². The molecule has 0 aliphatic heterocycles. The molecule has 0 bridgehead atoms. The Morgan fingerprint density at radius 3 is 2.53 bits per heavy atom. The number of methoxy groups -OCH3 is 1. The lowest BCUT2D eigenvalue weighted by molar-refractivity contribution is -0.140. The highest BCUT2D eigenvalue weighted by Gasteiger charge is 2.37. The first kappa shape index (κ1) is 27.7. The number of ether oxygens (including phenoxy) is 2. The number of hydrogen-bond donors (Lipinski definition) is 0. The third kappa shape index (κ3) is 6.03. The van der Waals surface area contributed by atoms with Crippen LogP contribution in [0.1, 0.15) is 74.1 Å². The molecule has 0 radical (unpaired) electrons. The molecule has 0 saturated heterocycles. The van der Waals surface area contributed by atoms with Gasteiger partial charge in [-0.3, -0.25) is 4.79 Å². The van der Waals surface area contributed by atoms with E-state index in [4.69, 9.17) is 4.74 Å². The summed E-state index contributed by atoms with van der Waals surface area (Å²) in [5.74, 6) is -1.34. The molecule has 202 valence electrons. The number of carbonyl (C=O) groups is 1. The summed E-state index contributed by atoms with van der Waals surface area (Å²) in [4.78, 5) is 11.4. The average molecular weight is 529 g/mol. The summed E-state index contributed by atoms with van der Waals surface area (Å²) in [7, 11) is 1.29. The molecule has 0 spiro atoms. The standard InChI is InChI=1S/C31H32F4O3/c1-31(2)15-5-7-25(31)23-16-19(9-12-22(23)24-17-21(30(34)35)10-13-26(24)32)18-38-27-8-4-6-20(29(27)33)11-14-28(36)37-3/h4,6,8-10,12-13,16-17,25,30H,5,7,11,14-15,18H2,1-3H3. The highest BCUT2D eigenvalue weighted by molar-refractivity contribution is 5.70. The Bertz CT molecular complexity index is 1300. The van der Waals surface area contributed by atoms with E-state index in [-0.39, 0.29) is 47.7 Å². The van der Waals surface area contributed by atoms with Crippen LogP contribution >= 0.6 is 0 Å². The molecule has 7 heteroatoms. The van der Waals surface area contributed by atoms with Crippen molar-refractivity contribution >= 4 is 5.97 Å². The Balaban J connectivity index is 1.65. The number of rotatable bonds is 9. The van der Waals surface area contributed by atoms with Crippen molar-refractivity contribution in [1.82, 2.24) is 0 Å². The van der Waals surface area contributed by atoms with E-state index in [1.165, 1.54) is 19.2 Å². The molecule has 0 heterocycles. The predicted octanol–water partition coefficient (Wildman–Crippen LogP) is 8.55. The fourth-order valence-electron chi connectivity index (χ4n) is 5.38. The summed E-state index contributed by atoms with van der Waals surface area (Å²) < 4.78 is 67.2. The van der Waals surface area contributed by atoms with Crippen LogP contribution in [0.15, 0.2) is 54.6 Å². The number of benzene rings is 3. The summed E-state index contributed by atoms with van der Waals surface area (Å²) in [6, 6.07) is 13.7. The van der Waals surface area contributed by atoms with E-state index in [0.717, 1.165) is 42.5 Å². The van der Waals surface area contributed by atoms with Gasteiger partial charge in [-0.15, -0.1) is 0 Å². The maximum absolute atomic E-state index is 15.0. The zero-order valence-electron chi connectivity index (χ0n) is 21.8. The molecule has 3 aromatic carbocycles. The van der Waals surface area contributed by atoms with E-state index in [9.17, 15) is 18.0 Å². The fourth-order valence-corrected chi connectivity index (χ4v) is 5.38. The van der Waals surface area contributed by atoms with Gasteiger partial charge in [-0.2, -0.15) is 0 Å². The molecule has 0 aromatic heterocycles. The van der Waals surface area contributed by atoms with Crippen LogP contribution in [0, 0.1) is 17.0 Å². The van der Waals surface area contributed by atoms with Crippen LogP contribution in [-0.4, -0.2) is 13.1 Å². The van der Waals surface area contributed by atoms with Gasteiger partial charge in [0, 0.05) is 17.5 Å². The van der Waals surface area contributed by atoms with Crippen molar-refractivity contribution < 1.29 is 31.8 Å². The molecule has 38 heavy (non-hydrogen) atoms. The molecule has 1 atom stereocenters. The van der Waals surface area contributed by atoms with Crippen molar-refractivity contribution in [2.75, 3.05) is 7.11 Å². The zero-order chi connectivity index (χ0) is 27.4. The van der Waals surface area contributed by atoms with E-state index in [1.807, 2.05) is 6.07 Å². The van der Waals surface area contributed by atoms with Crippen LogP contribution in [0.2, 0.25) is 0 Å². The number of carbonyl (C=O) groups excluding carboxylic acids is 1. The highest BCUT2D eigenvalue weighted by atomic mass is 19.3. The average Bonchev–Trinajstić information content (AvgIpc) is 3.25. The Morgan fingerprint density at radius 1 is 1.05 bits per heavy atom. The Hall–Kier alpha value is -3.35. The molecule has 3 aromatic rings. The zero-order valence-corrected chi connectivity index (χ0v) is 21.8. The van der Waals surface area contributed by atoms with Gasteiger partial charge in [0.2, 0.25) is 0 Å². The van der Waals surface area contributed by atoms with Gasteiger partial charge in [-0.25, -0.2) is 17.6 Å². The van der Waals surface area contributed by atoms with Gasteiger partial charge < -0.3 is 9.47 Å². The normalized spacial score (nSPS) is 16.6. The first-order chi connectivity index (χ1) is 18.1. The Morgan fingerprint density at radius 2 is 1.84 bits per heavy atom. The molecule has 1 fully saturated rings. The molecule has 3 nitrogen and oxygen atoms in total. The van der Waals surface area contributed by atoms with Crippen molar-refractivity contribution in [3.05, 3.63) is 88.5 Å². The molecule has 1 unspecified atom stereocenters. The topological polar surface area (TPSA) is 35.5 Å². The molecule has 1 saturated carbocycles. The van der Waals surface area contributed by atoms with Crippen molar-refractivity contribution in [1.29, 1.82) is 0 Å². The van der Waals surface area contributed by atoms with Crippen molar-refractivity contribution in [3.63, 3.8) is 0 Å². The lowest BCUT2D eigenvalue weighted by atomic mass is 9.75. The molecule has 0 N–H and O–H groups in total. The summed E-state index contributed by atoms with van der Waals surface area (Å²) in [5, 5.41) is 0. The monoisotopic (exact) mass is 528 g/mol. The van der Waals surface area contributed by atoms with E-state index in [2.05, 4.69) is 18.6 Å². The van der Waals surface area contributed by atoms with Crippen LogP contribution in [0.25, 0.3) is 11.1 Å². The van der Waals surface area contributed by atoms with Gasteiger partial charge in [-0.1, -0.05) is 56.7 Å². The Labute approximate surface area is 220 Å². The second-order valence-electron chi connectivity index (χ2n) is 10.5. The van der Waals surface area contributed by atoms with Crippen molar-refractivity contribution in [2.24, 2.45) is 5.41 Å². The number of aryl methyl sites for hydroxylation is 1. The molecule has 1 aliphatic carbocycles. The third-order valence-corrected chi connectivity index (χ3v) is 7.54. The van der Waals surface area contributed by atoms with Crippen LogP contribution in [0.5, 0.6) is 5.75 Å². The Kier molecular flexibility index (Phi) is 8.44. The van der Waals surface area contributed by atoms with E-state index < -0.39 is 24.0 Å². The quantitative estimate of drug-likeness (QED) is 0.206. The number of halogens is 4. The van der Waals surface area contributed by atoms with Gasteiger partial charge in [0.15, 0.2) is 11.6 Å². The largest absolute Gasteiger partial charge is 0.486 e. The van der Waals surface area contributed by atoms with E-state index >= 15 is 4.39 Å². The lowest BCUT2D eigenvalue weighted by Crippen LogP contribution is -2.17. The second kappa shape index (κ2) is 11.6. The smallest absolute Gasteiger partial charge is 0.305 e. The first-order valence-corrected chi connectivity index (χ1v) is 12.8. The van der Waals surface area contributed by atoms with Crippen molar-refractivity contribution in [2.45, 2.75) is 64.9 Å². The summed E-state index contributed by atoms with van der Waals surface area (Å²) in [5.41, 5.74) is 2.45. The first-order valence-electron chi connectivity index (χ1n) is 12.8. The SMILES string of the molecule is COC(=O)CCc1cccc(OCc2ccc(-c3cc(C(F)F)ccc3F)c(C3CCCC3(C)C)c2)c1F. The van der Waals surface area contributed by atoms with Gasteiger partial charge in [-0.05, 0) is 71.0 Å². The van der Waals surface area contributed by atoms with Gasteiger partial charge in [0.1, 0.15) is 12.4 Å².